The van der Waals surface area contributed by atoms with E-state index in [2.05, 4.69) is 5.32 Å². The second kappa shape index (κ2) is 6.41. The predicted molar refractivity (Wildman–Crippen MR) is 79.2 cm³/mol. The van der Waals surface area contributed by atoms with E-state index in [1.165, 1.54) is 6.07 Å². The number of ether oxygens (including phenoxy) is 1. The molecule has 4 nitrogen and oxygen atoms in total. The Morgan fingerprint density at radius 2 is 2.10 bits per heavy atom. The summed E-state index contributed by atoms with van der Waals surface area (Å²) in [6.45, 7) is 0.737. The SMILES string of the molecule is CNCc1cccc(Oc2ccc(Cl)cc2C(N)=O)c1. The molecule has 2 aromatic carbocycles. The van der Waals surface area contributed by atoms with Crippen LogP contribution in [-0.4, -0.2) is 13.0 Å². The summed E-state index contributed by atoms with van der Waals surface area (Å²) in [6, 6.07) is 12.4. The van der Waals surface area contributed by atoms with Gasteiger partial charge in [0.15, 0.2) is 0 Å². The van der Waals surface area contributed by atoms with Crippen LogP contribution in [0.5, 0.6) is 11.5 Å². The van der Waals surface area contributed by atoms with Gasteiger partial charge >= 0.3 is 0 Å². The van der Waals surface area contributed by atoms with Crippen molar-refractivity contribution < 1.29 is 9.53 Å². The molecule has 20 heavy (non-hydrogen) atoms. The number of rotatable bonds is 5. The van der Waals surface area contributed by atoms with Crippen LogP contribution in [0.2, 0.25) is 5.02 Å². The van der Waals surface area contributed by atoms with Gasteiger partial charge in [0.05, 0.1) is 5.56 Å². The fraction of sp³-hybridized carbons (Fsp3) is 0.133. The lowest BCUT2D eigenvalue weighted by Crippen LogP contribution is -2.12. The highest BCUT2D eigenvalue weighted by Crippen LogP contribution is 2.28. The molecule has 0 unspecified atom stereocenters. The Hall–Kier alpha value is -2.04. The number of carbonyl (C=O) groups is 1. The topological polar surface area (TPSA) is 64.3 Å². The molecule has 0 heterocycles. The summed E-state index contributed by atoms with van der Waals surface area (Å²) in [7, 11) is 1.87. The van der Waals surface area contributed by atoms with Crippen LogP contribution in [-0.2, 0) is 6.54 Å². The molecule has 5 heteroatoms. The van der Waals surface area contributed by atoms with Gasteiger partial charge in [0, 0.05) is 11.6 Å². The molecule has 0 atom stereocenters. The van der Waals surface area contributed by atoms with Crippen LogP contribution in [0, 0.1) is 0 Å². The summed E-state index contributed by atoms with van der Waals surface area (Å²) in [4.78, 5) is 11.4. The quantitative estimate of drug-likeness (QED) is 0.890. The first kappa shape index (κ1) is 14.4. The van der Waals surface area contributed by atoms with Crippen molar-refractivity contribution in [2.24, 2.45) is 5.73 Å². The number of amides is 1. The third-order valence-electron chi connectivity index (χ3n) is 2.71. The predicted octanol–water partition coefficient (Wildman–Crippen LogP) is 2.95. The Morgan fingerprint density at radius 3 is 2.80 bits per heavy atom. The van der Waals surface area contributed by atoms with Crippen LogP contribution in [0.4, 0.5) is 0 Å². The summed E-state index contributed by atoms with van der Waals surface area (Å²) in [5, 5.41) is 3.50. The van der Waals surface area contributed by atoms with Crippen molar-refractivity contribution in [2.75, 3.05) is 7.05 Å². The molecule has 2 rings (SSSR count). The van der Waals surface area contributed by atoms with Crippen LogP contribution in [0.1, 0.15) is 15.9 Å². The van der Waals surface area contributed by atoms with Crippen LogP contribution >= 0.6 is 11.6 Å². The average molecular weight is 291 g/mol. The van der Waals surface area contributed by atoms with Crippen molar-refractivity contribution in [1.82, 2.24) is 5.32 Å². The number of nitrogens with one attached hydrogen (secondary N) is 1. The molecule has 2 aromatic rings. The number of carbonyl (C=O) groups excluding carboxylic acids is 1. The molecule has 0 spiro atoms. The Balaban J connectivity index is 2.30. The molecule has 1 amide bonds. The van der Waals surface area contributed by atoms with Crippen LogP contribution in [0.15, 0.2) is 42.5 Å². The van der Waals surface area contributed by atoms with Gasteiger partial charge in [-0.05, 0) is 42.9 Å². The lowest BCUT2D eigenvalue weighted by atomic mass is 10.2. The van der Waals surface area contributed by atoms with Crippen molar-refractivity contribution in [3.63, 3.8) is 0 Å². The molecule has 0 aliphatic heterocycles. The molecule has 3 N–H and O–H groups in total. The van der Waals surface area contributed by atoms with Gasteiger partial charge in [0.1, 0.15) is 11.5 Å². The van der Waals surface area contributed by atoms with E-state index in [1.54, 1.807) is 12.1 Å². The molecule has 0 fully saturated rings. The zero-order valence-electron chi connectivity index (χ0n) is 11.0. The minimum absolute atomic E-state index is 0.261. The smallest absolute Gasteiger partial charge is 0.252 e. The van der Waals surface area contributed by atoms with Crippen LogP contribution < -0.4 is 15.8 Å². The van der Waals surface area contributed by atoms with E-state index in [0.29, 0.717) is 16.5 Å². The van der Waals surface area contributed by atoms with E-state index in [0.717, 1.165) is 12.1 Å². The first-order chi connectivity index (χ1) is 9.60. The largest absolute Gasteiger partial charge is 0.457 e. The number of benzene rings is 2. The molecular formula is C15H15ClN2O2. The van der Waals surface area contributed by atoms with Crippen molar-refractivity contribution >= 4 is 17.5 Å². The van der Waals surface area contributed by atoms with E-state index >= 15 is 0 Å². The van der Waals surface area contributed by atoms with Crippen molar-refractivity contribution in [2.45, 2.75) is 6.54 Å². The monoisotopic (exact) mass is 290 g/mol. The van der Waals surface area contributed by atoms with Crippen molar-refractivity contribution in [3.05, 3.63) is 58.6 Å². The van der Waals surface area contributed by atoms with Crippen molar-refractivity contribution in [1.29, 1.82) is 0 Å². The van der Waals surface area contributed by atoms with Gasteiger partial charge in [0.2, 0.25) is 0 Å². The van der Waals surface area contributed by atoms with E-state index in [4.69, 9.17) is 22.1 Å². The van der Waals surface area contributed by atoms with Gasteiger partial charge in [-0.3, -0.25) is 4.79 Å². The fourth-order valence-electron chi connectivity index (χ4n) is 1.83. The molecule has 0 aromatic heterocycles. The molecule has 0 aliphatic carbocycles. The Bertz CT molecular complexity index is 629. The number of nitrogens with two attached hydrogens (primary N) is 1. The van der Waals surface area contributed by atoms with Crippen molar-refractivity contribution in [3.8, 4) is 11.5 Å². The minimum atomic E-state index is -0.575. The number of halogens is 1. The maximum atomic E-state index is 11.4. The van der Waals surface area contributed by atoms with E-state index in [-0.39, 0.29) is 5.56 Å². The minimum Gasteiger partial charge on any atom is -0.457 e. The number of primary amides is 1. The Labute approximate surface area is 122 Å². The van der Waals surface area contributed by atoms with Gasteiger partial charge in [-0.25, -0.2) is 0 Å². The third-order valence-corrected chi connectivity index (χ3v) is 2.95. The zero-order valence-corrected chi connectivity index (χ0v) is 11.8. The highest BCUT2D eigenvalue weighted by atomic mass is 35.5. The van der Waals surface area contributed by atoms with Gasteiger partial charge in [-0.2, -0.15) is 0 Å². The standard InChI is InChI=1S/C15H15ClN2O2/c1-18-9-10-3-2-4-12(7-10)20-14-6-5-11(16)8-13(14)15(17)19/h2-8,18H,9H2,1H3,(H2,17,19). The molecule has 0 saturated carbocycles. The Kier molecular flexibility index (Phi) is 4.61. The lowest BCUT2D eigenvalue weighted by Gasteiger charge is -2.10. The molecule has 0 aliphatic rings. The summed E-state index contributed by atoms with van der Waals surface area (Å²) in [6.07, 6.45) is 0. The zero-order chi connectivity index (χ0) is 14.5. The van der Waals surface area contributed by atoms with E-state index in [9.17, 15) is 4.79 Å². The number of hydrogen-bond donors (Lipinski definition) is 2. The second-order valence-corrected chi connectivity index (χ2v) is 4.72. The number of hydrogen-bond acceptors (Lipinski definition) is 3. The first-order valence-electron chi connectivity index (χ1n) is 6.11. The van der Waals surface area contributed by atoms with Crippen LogP contribution in [0.3, 0.4) is 0 Å². The summed E-state index contributed by atoms with van der Waals surface area (Å²) < 4.78 is 5.73. The van der Waals surface area contributed by atoms with E-state index in [1.807, 2.05) is 31.3 Å². The molecular weight excluding hydrogens is 276 g/mol. The summed E-state index contributed by atoms with van der Waals surface area (Å²) in [5.41, 5.74) is 6.67. The third kappa shape index (κ3) is 3.50. The Morgan fingerprint density at radius 1 is 1.30 bits per heavy atom. The normalized spacial score (nSPS) is 10.3. The molecule has 0 radical (unpaired) electrons. The van der Waals surface area contributed by atoms with Gasteiger partial charge in [0.25, 0.3) is 5.91 Å². The van der Waals surface area contributed by atoms with Gasteiger partial charge in [-0.15, -0.1) is 0 Å². The van der Waals surface area contributed by atoms with Crippen LogP contribution in [0.25, 0.3) is 0 Å². The highest BCUT2D eigenvalue weighted by Gasteiger charge is 2.11. The fourth-order valence-corrected chi connectivity index (χ4v) is 2.01. The summed E-state index contributed by atoms with van der Waals surface area (Å²) in [5.74, 6) is 0.458. The first-order valence-corrected chi connectivity index (χ1v) is 6.48. The lowest BCUT2D eigenvalue weighted by molar-refractivity contribution is 0.0998. The molecule has 104 valence electrons. The molecule has 0 bridgehead atoms. The summed E-state index contributed by atoms with van der Waals surface area (Å²) >= 11 is 5.86. The molecule has 0 saturated heterocycles. The van der Waals surface area contributed by atoms with Gasteiger partial charge < -0.3 is 15.8 Å². The highest BCUT2D eigenvalue weighted by molar-refractivity contribution is 6.31. The second-order valence-electron chi connectivity index (χ2n) is 4.28. The maximum absolute atomic E-state index is 11.4. The maximum Gasteiger partial charge on any atom is 0.252 e. The van der Waals surface area contributed by atoms with Gasteiger partial charge in [-0.1, -0.05) is 23.7 Å². The van der Waals surface area contributed by atoms with E-state index < -0.39 is 5.91 Å². The average Bonchev–Trinajstić information content (AvgIpc) is 2.41.